The molecule has 19 heavy (non-hydrogen) atoms. The van der Waals surface area contributed by atoms with Crippen LogP contribution in [-0.4, -0.2) is 37.6 Å². The van der Waals surface area contributed by atoms with Crippen LogP contribution in [0.4, 0.5) is 5.69 Å². The molecular weight excluding hydrogens is 264 g/mol. The van der Waals surface area contributed by atoms with Crippen molar-refractivity contribution in [3.8, 4) is 0 Å². The Kier molecular flexibility index (Phi) is 4.45. The SMILES string of the molecule is COCC1=CCN(C(=O)c2ccc(N)c(Cl)c2)CC1. The van der Waals surface area contributed by atoms with Gasteiger partial charge in [0.15, 0.2) is 0 Å². The molecular formula is C14H17ClN2O2. The average molecular weight is 281 g/mol. The van der Waals surface area contributed by atoms with Gasteiger partial charge in [0, 0.05) is 25.8 Å². The minimum absolute atomic E-state index is 0.0189. The van der Waals surface area contributed by atoms with Gasteiger partial charge in [-0.3, -0.25) is 4.79 Å². The number of nitrogen functional groups attached to an aromatic ring is 1. The van der Waals surface area contributed by atoms with Crippen molar-refractivity contribution < 1.29 is 9.53 Å². The maximum Gasteiger partial charge on any atom is 0.254 e. The number of nitrogens with zero attached hydrogens (tertiary/aromatic N) is 1. The number of carbonyl (C=O) groups excluding carboxylic acids is 1. The van der Waals surface area contributed by atoms with Crippen LogP contribution < -0.4 is 5.73 Å². The smallest absolute Gasteiger partial charge is 0.254 e. The standard InChI is InChI=1S/C14H17ClN2O2/c1-19-9-10-4-6-17(7-5-10)14(18)11-2-3-13(16)12(15)8-11/h2-4,8H,5-7,9,16H2,1H3. The van der Waals surface area contributed by atoms with Crippen LogP contribution in [0.15, 0.2) is 29.8 Å². The van der Waals surface area contributed by atoms with E-state index in [1.807, 2.05) is 6.08 Å². The molecule has 0 atom stereocenters. The van der Waals surface area contributed by atoms with E-state index in [-0.39, 0.29) is 5.91 Å². The highest BCUT2D eigenvalue weighted by Crippen LogP contribution is 2.21. The summed E-state index contributed by atoms with van der Waals surface area (Å²) in [6.07, 6.45) is 2.89. The Hall–Kier alpha value is -1.52. The molecule has 0 unspecified atom stereocenters. The molecule has 1 aromatic rings. The van der Waals surface area contributed by atoms with Crippen molar-refractivity contribution in [1.82, 2.24) is 4.90 Å². The first kappa shape index (κ1) is 13.9. The fraction of sp³-hybridized carbons (Fsp3) is 0.357. The zero-order chi connectivity index (χ0) is 13.8. The van der Waals surface area contributed by atoms with Crippen LogP contribution in [0.5, 0.6) is 0 Å². The van der Waals surface area contributed by atoms with Gasteiger partial charge in [-0.1, -0.05) is 17.7 Å². The number of hydrogen-bond acceptors (Lipinski definition) is 3. The Morgan fingerprint density at radius 3 is 2.89 bits per heavy atom. The number of benzene rings is 1. The highest BCUT2D eigenvalue weighted by Gasteiger charge is 2.19. The number of halogens is 1. The summed E-state index contributed by atoms with van der Waals surface area (Å²) in [6, 6.07) is 4.98. The van der Waals surface area contributed by atoms with Crippen LogP contribution in [0.3, 0.4) is 0 Å². The van der Waals surface area contributed by atoms with E-state index in [1.165, 1.54) is 5.57 Å². The molecule has 0 aromatic heterocycles. The van der Waals surface area contributed by atoms with Gasteiger partial charge in [-0.05, 0) is 30.2 Å². The van der Waals surface area contributed by atoms with E-state index in [0.717, 1.165) is 6.42 Å². The molecule has 0 saturated heterocycles. The maximum atomic E-state index is 12.3. The van der Waals surface area contributed by atoms with Crippen molar-refractivity contribution in [3.63, 3.8) is 0 Å². The summed E-state index contributed by atoms with van der Waals surface area (Å²) in [7, 11) is 1.68. The largest absolute Gasteiger partial charge is 0.398 e. The lowest BCUT2D eigenvalue weighted by Crippen LogP contribution is -2.35. The number of ether oxygens (including phenoxy) is 1. The van der Waals surface area contributed by atoms with Gasteiger partial charge in [-0.2, -0.15) is 0 Å². The van der Waals surface area contributed by atoms with Crippen molar-refractivity contribution >= 4 is 23.2 Å². The summed E-state index contributed by atoms with van der Waals surface area (Å²) in [5, 5.41) is 0.415. The van der Waals surface area contributed by atoms with Gasteiger partial charge in [-0.25, -0.2) is 0 Å². The topological polar surface area (TPSA) is 55.6 Å². The third kappa shape index (κ3) is 3.28. The molecule has 0 radical (unpaired) electrons. The summed E-state index contributed by atoms with van der Waals surface area (Å²) in [5.41, 5.74) is 7.93. The quantitative estimate of drug-likeness (QED) is 0.683. The molecule has 0 saturated carbocycles. The van der Waals surface area contributed by atoms with Gasteiger partial charge in [-0.15, -0.1) is 0 Å². The maximum absolute atomic E-state index is 12.3. The molecule has 4 nitrogen and oxygen atoms in total. The molecule has 5 heteroatoms. The first-order valence-electron chi connectivity index (χ1n) is 6.13. The fourth-order valence-corrected chi connectivity index (χ4v) is 2.24. The number of hydrogen-bond donors (Lipinski definition) is 1. The lowest BCUT2D eigenvalue weighted by molar-refractivity contribution is 0.0765. The van der Waals surface area contributed by atoms with Crippen LogP contribution in [0.2, 0.25) is 5.02 Å². The second-order valence-corrected chi connectivity index (χ2v) is 4.94. The zero-order valence-electron chi connectivity index (χ0n) is 10.9. The van der Waals surface area contributed by atoms with Gasteiger partial charge < -0.3 is 15.4 Å². The van der Waals surface area contributed by atoms with E-state index >= 15 is 0 Å². The molecule has 0 spiro atoms. The number of rotatable bonds is 3. The Balaban J connectivity index is 2.07. The highest BCUT2D eigenvalue weighted by molar-refractivity contribution is 6.33. The molecule has 1 aromatic carbocycles. The molecule has 1 amide bonds. The van der Waals surface area contributed by atoms with Gasteiger partial charge >= 0.3 is 0 Å². The van der Waals surface area contributed by atoms with Gasteiger partial charge in [0.1, 0.15) is 0 Å². The third-order valence-electron chi connectivity index (χ3n) is 3.17. The lowest BCUT2D eigenvalue weighted by atomic mass is 10.1. The van der Waals surface area contributed by atoms with E-state index in [4.69, 9.17) is 22.1 Å². The van der Waals surface area contributed by atoms with Crippen molar-refractivity contribution in [2.75, 3.05) is 32.5 Å². The van der Waals surface area contributed by atoms with Crippen LogP contribution in [0.1, 0.15) is 16.8 Å². The fourth-order valence-electron chi connectivity index (χ4n) is 2.05. The second kappa shape index (κ2) is 6.08. The third-order valence-corrected chi connectivity index (χ3v) is 3.49. The molecule has 2 N–H and O–H groups in total. The minimum atomic E-state index is -0.0189. The predicted octanol–water partition coefficient (Wildman–Crippen LogP) is 2.34. The summed E-state index contributed by atoms with van der Waals surface area (Å²) in [5.74, 6) is -0.0189. The summed E-state index contributed by atoms with van der Waals surface area (Å²) < 4.78 is 5.09. The summed E-state index contributed by atoms with van der Waals surface area (Å²) in [6.45, 7) is 1.95. The monoisotopic (exact) mass is 280 g/mol. The van der Waals surface area contributed by atoms with Gasteiger partial charge in [0.25, 0.3) is 5.91 Å². The normalized spacial score (nSPS) is 15.3. The van der Waals surface area contributed by atoms with E-state index in [1.54, 1.807) is 30.2 Å². The first-order chi connectivity index (χ1) is 9.11. The Morgan fingerprint density at radius 2 is 2.32 bits per heavy atom. The molecule has 2 rings (SSSR count). The molecule has 0 aliphatic carbocycles. The highest BCUT2D eigenvalue weighted by atomic mass is 35.5. The van der Waals surface area contributed by atoms with E-state index in [0.29, 0.717) is 36.0 Å². The number of nitrogens with two attached hydrogens (primary N) is 1. The van der Waals surface area contributed by atoms with Crippen molar-refractivity contribution in [2.45, 2.75) is 6.42 Å². The number of carbonyl (C=O) groups is 1. The molecule has 1 heterocycles. The molecule has 0 fully saturated rings. The molecule has 1 aliphatic rings. The second-order valence-electron chi connectivity index (χ2n) is 4.53. The van der Waals surface area contributed by atoms with Crippen LogP contribution in [-0.2, 0) is 4.74 Å². The average Bonchev–Trinajstić information content (AvgIpc) is 2.42. The number of amides is 1. The lowest BCUT2D eigenvalue weighted by Gasteiger charge is -2.26. The predicted molar refractivity (Wildman–Crippen MR) is 76.3 cm³/mol. The summed E-state index contributed by atoms with van der Waals surface area (Å²) >= 11 is 5.94. The van der Waals surface area contributed by atoms with Crippen molar-refractivity contribution in [1.29, 1.82) is 0 Å². The summed E-state index contributed by atoms with van der Waals surface area (Å²) in [4.78, 5) is 14.1. The Bertz CT molecular complexity index is 514. The van der Waals surface area contributed by atoms with E-state index in [2.05, 4.69) is 0 Å². The van der Waals surface area contributed by atoms with E-state index in [9.17, 15) is 4.79 Å². The van der Waals surface area contributed by atoms with E-state index < -0.39 is 0 Å². The van der Waals surface area contributed by atoms with Crippen molar-refractivity contribution in [3.05, 3.63) is 40.4 Å². The first-order valence-corrected chi connectivity index (χ1v) is 6.50. The molecule has 1 aliphatic heterocycles. The Labute approximate surface area is 117 Å². The molecule has 0 bridgehead atoms. The zero-order valence-corrected chi connectivity index (χ0v) is 11.6. The minimum Gasteiger partial charge on any atom is -0.398 e. The van der Waals surface area contributed by atoms with Crippen molar-refractivity contribution in [2.24, 2.45) is 0 Å². The number of anilines is 1. The van der Waals surface area contributed by atoms with Gasteiger partial charge in [0.05, 0.1) is 17.3 Å². The molecule has 102 valence electrons. The number of methoxy groups -OCH3 is 1. The van der Waals surface area contributed by atoms with Crippen LogP contribution >= 0.6 is 11.6 Å². The van der Waals surface area contributed by atoms with Crippen LogP contribution in [0.25, 0.3) is 0 Å². The van der Waals surface area contributed by atoms with Gasteiger partial charge in [0.2, 0.25) is 0 Å². The Morgan fingerprint density at radius 1 is 1.53 bits per heavy atom. The van der Waals surface area contributed by atoms with Crippen LogP contribution in [0, 0.1) is 0 Å².